The average Bonchev–Trinajstić information content (AvgIpc) is 3.07. The van der Waals surface area contributed by atoms with Crippen molar-refractivity contribution in [1.29, 1.82) is 0 Å². The molecule has 17 heavy (non-hydrogen) atoms. The van der Waals surface area contributed by atoms with Crippen LogP contribution in [-0.4, -0.2) is 14.8 Å². The number of halogens is 2. The van der Waals surface area contributed by atoms with Crippen LogP contribution in [-0.2, 0) is 0 Å². The molecule has 0 atom stereocenters. The van der Waals surface area contributed by atoms with Gasteiger partial charge in [0.15, 0.2) is 5.16 Å². The van der Waals surface area contributed by atoms with Crippen LogP contribution in [0.15, 0.2) is 23.4 Å². The summed E-state index contributed by atoms with van der Waals surface area (Å²) in [5.41, 5.74) is 0.899. The van der Waals surface area contributed by atoms with Crippen LogP contribution >= 0.6 is 35.8 Å². The Morgan fingerprint density at radius 2 is 1.94 bits per heavy atom. The molecule has 0 N–H and O–H groups in total. The van der Waals surface area contributed by atoms with E-state index in [2.05, 4.69) is 22.8 Å². The van der Waals surface area contributed by atoms with Crippen molar-refractivity contribution in [3.05, 3.63) is 34.1 Å². The van der Waals surface area contributed by atoms with Crippen LogP contribution in [0.1, 0.15) is 24.6 Å². The molecule has 2 aromatic rings. The van der Waals surface area contributed by atoms with Gasteiger partial charge < -0.3 is 0 Å². The molecule has 1 aliphatic rings. The average molecular weight is 286 g/mol. The van der Waals surface area contributed by atoms with Gasteiger partial charge in [-0.2, -0.15) is 0 Å². The lowest BCUT2D eigenvalue weighted by molar-refractivity contribution is 0.832. The van der Waals surface area contributed by atoms with Crippen LogP contribution in [0.4, 0.5) is 0 Å². The van der Waals surface area contributed by atoms with Crippen molar-refractivity contribution < 1.29 is 0 Å². The Morgan fingerprint density at radius 1 is 1.18 bits per heavy atom. The van der Waals surface area contributed by atoms with Gasteiger partial charge in [-0.25, -0.2) is 0 Å². The van der Waals surface area contributed by atoms with Crippen molar-refractivity contribution >= 4 is 35.8 Å². The Labute approximate surface area is 114 Å². The molecule has 0 radical (unpaired) electrons. The number of rotatable bonds is 2. The second-order valence-electron chi connectivity index (χ2n) is 4.07. The molecule has 1 heterocycles. The van der Waals surface area contributed by atoms with Gasteiger partial charge in [0.25, 0.3) is 0 Å². The Kier molecular flexibility index (Phi) is 2.81. The molecule has 3 nitrogen and oxygen atoms in total. The summed E-state index contributed by atoms with van der Waals surface area (Å²) in [7, 11) is 0. The third kappa shape index (κ3) is 2.05. The Balaban J connectivity index is 2.13. The predicted octanol–water partition coefficient (Wildman–Crippen LogP) is 3.74. The van der Waals surface area contributed by atoms with Crippen molar-refractivity contribution in [3.8, 4) is 5.69 Å². The van der Waals surface area contributed by atoms with Crippen LogP contribution in [0.5, 0.6) is 0 Å². The number of hydrogen-bond acceptors (Lipinski definition) is 3. The first-order valence-electron chi connectivity index (χ1n) is 5.26. The van der Waals surface area contributed by atoms with E-state index in [-0.39, 0.29) is 0 Å². The summed E-state index contributed by atoms with van der Waals surface area (Å²) in [5, 5.41) is 9.81. The smallest absolute Gasteiger partial charge is 0.192 e. The first kappa shape index (κ1) is 11.4. The van der Waals surface area contributed by atoms with E-state index in [0.717, 1.165) is 24.4 Å². The van der Waals surface area contributed by atoms with Crippen molar-refractivity contribution in [3.63, 3.8) is 0 Å². The Morgan fingerprint density at radius 3 is 2.59 bits per heavy atom. The molecule has 0 aliphatic heterocycles. The van der Waals surface area contributed by atoms with Crippen LogP contribution < -0.4 is 0 Å². The highest BCUT2D eigenvalue weighted by atomic mass is 35.5. The molecule has 1 fully saturated rings. The highest BCUT2D eigenvalue weighted by molar-refractivity contribution is 7.80. The minimum absolute atomic E-state index is 0.498. The molecule has 0 spiro atoms. The lowest BCUT2D eigenvalue weighted by Gasteiger charge is -2.08. The molecule has 1 aromatic carbocycles. The van der Waals surface area contributed by atoms with Crippen molar-refractivity contribution in [1.82, 2.24) is 14.8 Å². The molecule has 0 saturated heterocycles. The van der Waals surface area contributed by atoms with Gasteiger partial charge in [-0.1, -0.05) is 23.2 Å². The molecule has 1 aliphatic carbocycles. The highest BCUT2D eigenvalue weighted by Crippen LogP contribution is 2.40. The summed E-state index contributed by atoms with van der Waals surface area (Å²) in [6.07, 6.45) is 2.32. The summed E-state index contributed by atoms with van der Waals surface area (Å²) in [5.74, 6) is 1.45. The third-order valence-corrected chi connectivity index (χ3v) is 3.80. The van der Waals surface area contributed by atoms with Gasteiger partial charge in [-0.15, -0.1) is 22.8 Å². The molecular weight excluding hydrogens is 277 g/mol. The summed E-state index contributed by atoms with van der Waals surface area (Å²) in [6, 6.07) is 5.46. The fourth-order valence-corrected chi connectivity index (χ4v) is 2.32. The van der Waals surface area contributed by atoms with Gasteiger partial charge in [0.1, 0.15) is 5.82 Å². The monoisotopic (exact) mass is 285 g/mol. The van der Waals surface area contributed by atoms with Gasteiger partial charge in [0.2, 0.25) is 0 Å². The zero-order chi connectivity index (χ0) is 12.0. The minimum Gasteiger partial charge on any atom is -0.274 e. The first-order valence-corrected chi connectivity index (χ1v) is 6.47. The lowest BCUT2D eigenvalue weighted by Crippen LogP contribution is -2.00. The second kappa shape index (κ2) is 4.19. The zero-order valence-electron chi connectivity index (χ0n) is 8.77. The zero-order valence-corrected chi connectivity index (χ0v) is 11.2. The second-order valence-corrected chi connectivity index (χ2v) is 5.28. The molecule has 0 bridgehead atoms. The van der Waals surface area contributed by atoms with Crippen LogP contribution in [0.25, 0.3) is 5.69 Å². The van der Waals surface area contributed by atoms with E-state index >= 15 is 0 Å². The van der Waals surface area contributed by atoms with Crippen LogP contribution in [0.3, 0.4) is 0 Å². The van der Waals surface area contributed by atoms with Crippen molar-refractivity contribution in [2.75, 3.05) is 0 Å². The molecule has 1 aromatic heterocycles. The van der Waals surface area contributed by atoms with Gasteiger partial charge >= 0.3 is 0 Å². The predicted molar refractivity (Wildman–Crippen MR) is 70.6 cm³/mol. The maximum Gasteiger partial charge on any atom is 0.192 e. The molecule has 3 rings (SSSR count). The fourth-order valence-electron chi connectivity index (χ4n) is 1.77. The fraction of sp³-hybridized carbons (Fsp3) is 0.273. The molecular formula is C11H9Cl2N3S. The van der Waals surface area contributed by atoms with Gasteiger partial charge in [-0.05, 0) is 31.0 Å². The SMILES string of the molecule is Sc1nnc(C2CC2)n1-c1ccc(Cl)c(Cl)c1. The van der Waals surface area contributed by atoms with Gasteiger partial charge in [-0.3, -0.25) is 4.57 Å². The minimum atomic E-state index is 0.498. The normalized spacial score (nSPS) is 15.2. The van der Waals surface area contributed by atoms with Gasteiger partial charge in [0.05, 0.1) is 15.7 Å². The number of thiol groups is 1. The number of benzene rings is 1. The number of hydrogen-bond donors (Lipinski definition) is 1. The van der Waals surface area contributed by atoms with E-state index in [1.54, 1.807) is 12.1 Å². The van der Waals surface area contributed by atoms with Crippen LogP contribution in [0.2, 0.25) is 10.0 Å². The maximum atomic E-state index is 6.02. The van der Waals surface area contributed by atoms with Crippen molar-refractivity contribution in [2.24, 2.45) is 0 Å². The van der Waals surface area contributed by atoms with E-state index in [4.69, 9.17) is 23.2 Å². The van der Waals surface area contributed by atoms with E-state index in [1.807, 2.05) is 10.6 Å². The molecule has 88 valence electrons. The van der Waals surface area contributed by atoms with Crippen molar-refractivity contribution in [2.45, 2.75) is 23.9 Å². The highest BCUT2D eigenvalue weighted by Gasteiger charge is 2.30. The quantitative estimate of drug-likeness (QED) is 0.852. The standard InChI is InChI=1S/C11H9Cl2N3S/c12-8-4-3-7(5-9(8)13)16-10(6-1-2-6)14-15-11(16)17/h3-6H,1-2H2,(H,15,17). The summed E-state index contributed by atoms with van der Waals surface area (Å²) in [4.78, 5) is 0. The number of aromatic nitrogens is 3. The maximum absolute atomic E-state index is 6.02. The van der Waals surface area contributed by atoms with E-state index < -0.39 is 0 Å². The summed E-state index contributed by atoms with van der Waals surface area (Å²) < 4.78 is 1.92. The topological polar surface area (TPSA) is 30.7 Å². The Bertz CT molecular complexity index is 578. The van der Waals surface area contributed by atoms with E-state index in [1.165, 1.54) is 0 Å². The van der Waals surface area contributed by atoms with E-state index in [0.29, 0.717) is 21.1 Å². The van der Waals surface area contributed by atoms with Gasteiger partial charge in [0, 0.05) is 5.92 Å². The molecule has 6 heteroatoms. The lowest BCUT2D eigenvalue weighted by atomic mass is 10.3. The molecule has 0 unspecified atom stereocenters. The van der Waals surface area contributed by atoms with Crippen LogP contribution in [0, 0.1) is 0 Å². The molecule has 0 amide bonds. The first-order chi connectivity index (χ1) is 8.16. The molecule has 1 saturated carbocycles. The largest absolute Gasteiger partial charge is 0.274 e. The van der Waals surface area contributed by atoms with E-state index in [9.17, 15) is 0 Å². The Hall–Kier alpha value is -0.710. The summed E-state index contributed by atoms with van der Waals surface area (Å²) in [6.45, 7) is 0. The number of nitrogens with zero attached hydrogens (tertiary/aromatic N) is 3. The third-order valence-electron chi connectivity index (χ3n) is 2.77. The summed E-state index contributed by atoms with van der Waals surface area (Å²) >= 11 is 16.3.